The number of rotatable bonds is 4. The van der Waals surface area contributed by atoms with Crippen LogP contribution in [0.2, 0.25) is 0 Å². The number of ether oxygens (including phenoxy) is 2. The Morgan fingerprint density at radius 2 is 1.80 bits per heavy atom. The van der Waals surface area contributed by atoms with Crippen LogP contribution in [0.4, 0.5) is 0 Å². The van der Waals surface area contributed by atoms with Crippen LogP contribution in [0.15, 0.2) is 23.5 Å². The summed E-state index contributed by atoms with van der Waals surface area (Å²) >= 11 is 0. The minimum absolute atomic E-state index is 0.399. The van der Waals surface area contributed by atoms with Gasteiger partial charge in [-0.3, -0.25) is 4.79 Å². The van der Waals surface area contributed by atoms with Gasteiger partial charge >= 0.3 is 11.9 Å². The summed E-state index contributed by atoms with van der Waals surface area (Å²) in [5.74, 6) is -0.494. The van der Waals surface area contributed by atoms with E-state index in [4.69, 9.17) is 4.74 Å². The van der Waals surface area contributed by atoms with Crippen LogP contribution in [0, 0.1) is 0 Å². The van der Waals surface area contributed by atoms with Gasteiger partial charge in [0.2, 0.25) is 0 Å². The molecule has 0 aromatic rings. The molecule has 0 unspecified atom stereocenters. The van der Waals surface area contributed by atoms with Crippen molar-refractivity contribution in [2.45, 2.75) is 27.2 Å². The van der Waals surface area contributed by atoms with Crippen molar-refractivity contribution in [3.05, 3.63) is 23.5 Å². The van der Waals surface area contributed by atoms with Crippen LogP contribution in [-0.2, 0) is 19.1 Å². The Morgan fingerprint density at radius 3 is 2.20 bits per heavy atom. The van der Waals surface area contributed by atoms with E-state index in [0.29, 0.717) is 5.76 Å². The Kier molecular flexibility index (Phi) is 6.09. The summed E-state index contributed by atoms with van der Waals surface area (Å²) in [7, 11) is 1.29. The van der Waals surface area contributed by atoms with Crippen molar-refractivity contribution < 1.29 is 19.1 Å². The highest BCUT2D eigenvalue weighted by molar-refractivity contribution is 5.82. The van der Waals surface area contributed by atoms with Crippen molar-refractivity contribution in [3.8, 4) is 0 Å². The molecule has 0 spiro atoms. The predicted molar refractivity (Wildman–Crippen MR) is 55.9 cm³/mol. The highest BCUT2D eigenvalue weighted by atomic mass is 16.5. The number of hydrogen-bond donors (Lipinski definition) is 0. The van der Waals surface area contributed by atoms with E-state index in [-0.39, 0.29) is 0 Å². The van der Waals surface area contributed by atoms with E-state index in [0.717, 1.165) is 12.0 Å². The third-order valence-electron chi connectivity index (χ3n) is 1.78. The predicted octanol–water partition coefficient (Wildman–Crippen LogP) is 1.96. The summed E-state index contributed by atoms with van der Waals surface area (Å²) < 4.78 is 9.37. The highest BCUT2D eigenvalue weighted by Crippen LogP contribution is 2.11. The van der Waals surface area contributed by atoms with Crippen LogP contribution >= 0.6 is 0 Å². The van der Waals surface area contributed by atoms with E-state index in [1.807, 2.05) is 13.8 Å². The maximum absolute atomic E-state index is 10.8. The monoisotopic (exact) mass is 212 g/mol. The van der Waals surface area contributed by atoms with E-state index < -0.39 is 11.9 Å². The number of methoxy groups -OCH3 is 1. The van der Waals surface area contributed by atoms with Crippen LogP contribution in [0.25, 0.3) is 0 Å². The molecule has 0 aromatic carbocycles. The molecular formula is C11H16O4. The van der Waals surface area contributed by atoms with E-state index in [1.165, 1.54) is 26.2 Å². The molecule has 0 radical (unpaired) electrons. The fourth-order valence-electron chi connectivity index (χ4n) is 0.804. The van der Waals surface area contributed by atoms with Gasteiger partial charge in [0.25, 0.3) is 0 Å². The van der Waals surface area contributed by atoms with Crippen LogP contribution < -0.4 is 0 Å². The van der Waals surface area contributed by atoms with E-state index >= 15 is 0 Å². The molecule has 0 aromatic heterocycles. The topological polar surface area (TPSA) is 52.6 Å². The first kappa shape index (κ1) is 13.4. The number of esters is 2. The first-order chi connectivity index (χ1) is 7.01. The number of allylic oxidation sites excluding steroid dienone is 2. The SMILES string of the molecule is CC/C(C)=C(/C=C/C(=O)OC)OC(C)=O. The summed E-state index contributed by atoms with van der Waals surface area (Å²) in [6.07, 6.45) is 3.40. The maximum atomic E-state index is 10.8. The van der Waals surface area contributed by atoms with Gasteiger partial charge in [0.15, 0.2) is 0 Å². The molecular weight excluding hydrogens is 196 g/mol. The van der Waals surface area contributed by atoms with Gasteiger partial charge in [0.05, 0.1) is 7.11 Å². The Bertz CT molecular complexity index is 300. The van der Waals surface area contributed by atoms with Gasteiger partial charge in [-0.15, -0.1) is 0 Å². The van der Waals surface area contributed by atoms with Gasteiger partial charge in [-0.1, -0.05) is 6.92 Å². The normalized spacial score (nSPS) is 12.3. The van der Waals surface area contributed by atoms with Crippen LogP contribution in [0.1, 0.15) is 27.2 Å². The first-order valence-corrected chi connectivity index (χ1v) is 4.65. The summed E-state index contributed by atoms with van der Waals surface area (Å²) in [6, 6.07) is 0. The zero-order valence-corrected chi connectivity index (χ0v) is 9.49. The van der Waals surface area contributed by atoms with Gasteiger partial charge in [-0.25, -0.2) is 4.79 Å². The maximum Gasteiger partial charge on any atom is 0.330 e. The van der Waals surface area contributed by atoms with Crippen molar-refractivity contribution in [3.63, 3.8) is 0 Å². The van der Waals surface area contributed by atoms with Gasteiger partial charge in [-0.05, 0) is 25.0 Å². The average molecular weight is 212 g/mol. The molecule has 15 heavy (non-hydrogen) atoms. The fourth-order valence-corrected chi connectivity index (χ4v) is 0.804. The number of hydrogen-bond acceptors (Lipinski definition) is 4. The van der Waals surface area contributed by atoms with Crippen LogP contribution in [0.3, 0.4) is 0 Å². The summed E-state index contributed by atoms with van der Waals surface area (Å²) in [4.78, 5) is 21.6. The van der Waals surface area contributed by atoms with Crippen LogP contribution in [0.5, 0.6) is 0 Å². The average Bonchev–Trinajstić information content (AvgIpc) is 2.21. The first-order valence-electron chi connectivity index (χ1n) is 4.65. The minimum Gasteiger partial charge on any atom is -0.466 e. The molecule has 0 fully saturated rings. The molecule has 0 saturated heterocycles. The Morgan fingerprint density at radius 1 is 1.20 bits per heavy atom. The van der Waals surface area contributed by atoms with Gasteiger partial charge in [0.1, 0.15) is 5.76 Å². The molecule has 4 heteroatoms. The zero-order valence-electron chi connectivity index (χ0n) is 9.49. The lowest BCUT2D eigenvalue weighted by Crippen LogP contribution is -2.01. The van der Waals surface area contributed by atoms with Gasteiger partial charge in [0, 0.05) is 13.0 Å². The number of carbonyl (C=O) groups is 2. The third-order valence-corrected chi connectivity index (χ3v) is 1.78. The molecule has 0 aliphatic rings. The quantitative estimate of drug-likeness (QED) is 0.309. The molecule has 0 rings (SSSR count). The third kappa shape index (κ3) is 5.67. The molecule has 0 amide bonds. The Hall–Kier alpha value is -1.58. The lowest BCUT2D eigenvalue weighted by molar-refractivity contribution is -0.137. The Labute approximate surface area is 89.6 Å². The standard InChI is InChI=1S/C11H16O4/c1-5-8(2)10(15-9(3)12)6-7-11(13)14-4/h6-7H,5H2,1-4H3/b7-6+,10-8-. The molecule has 0 atom stereocenters. The van der Waals surface area contributed by atoms with Gasteiger partial charge in [-0.2, -0.15) is 0 Å². The molecule has 0 heterocycles. The molecule has 0 saturated carbocycles. The zero-order chi connectivity index (χ0) is 11.8. The van der Waals surface area contributed by atoms with E-state index in [9.17, 15) is 9.59 Å². The molecule has 4 nitrogen and oxygen atoms in total. The van der Waals surface area contributed by atoms with E-state index in [1.54, 1.807) is 0 Å². The smallest absolute Gasteiger partial charge is 0.330 e. The summed E-state index contributed by atoms with van der Waals surface area (Å²) in [5.41, 5.74) is 0.894. The minimum atomic E-state index is -0.483. The second kappa shape index (κ2) is 6.81. The lowest BCUT2D eigenvalue weighted by Gasteiger charge is -2.05. The van der Waals surface area contributed by atoms with E-state index in [2.05, 4.69) is 4.74 Å². The second-order valence-electron chi connectivity index (χ2n) is 2.95. The van der Waals surface area contributed by atoms with Crippen molar-refractivity contribution >= 4 is 11.9 Å². The Balaban J connectivity index is 4.74. The van der Waals surface area contributed by atoms with Crippen molar-refractivity contribution in [1.82, 2.24) is 0 Å². The van der Waals surface area contributed by atoms with Crippen LogP contribution in [-0.4, -0.2) is 19.0 Å². The highest BCUT2D eigenvalue weighted by Gasteiger charge is 2.03. The lowest BCUT2D eigenvalue weighted by atomic mass is 10.2. The number of carbonyl (C=O) groups excluding carboxylic acids is 2. The van der Waals surface area contributed by atoms with Crippen molar-refractivity contribution in [2.24, 2.45) is 0 Å². The van der Waals surface area contributed by atoms with Crippen molar-refractivity contribution in [1.29, 1.82) is 0 Å². The fraction of sp³-hybridized carbons (Fsp3) is 0.455. The molecule has 0 aliphatic heterocycles. The molecule has 0 N–H and O–H groups in total. The summed E-state index contributed by atoms with van der Waals surface area (Å²) in [6.45, 7) is 5.08. The second-order valence-corrected chi connectivity index (χ2v) is 2.95. The molecule has 84 valence electrons. The molecule has 0 aliphatic carbocycles. The van der Waals surface area contributed by atoms with Crippen molar-refractivity contribution in [2.75, 3.05) is 7.11 Å². The summed E-state index contributed by atoms with van der Waals surface area (Å²) in [5, 5.41) is 0. The molecule has 0 bridgehead atoms. The largest absolute Gasteiger partial charge is 0.466 e. The van der Waals surface area contributed by atoms with Gasteiger partial charge < -0.3 is 9.47 Å².